The summed E-state index contributed by atoms with van der Waals surface area (Å²) in [5, 5.41) is 19.6. The molecular formula is C20H16FNO5. The normalized spacial score (nSPS) is 18.7. The fourth-order valence-corrected chi connectivity index (χ4v) is 3.10. The van der Waals surface area contributed by atoms with Gasteiger partial charge in [-0.05, 0) is 6.07 Å². The van der Waals surface area contributed by atoms with E-state index >= 15 is 0 Å². The van der Waals surface area contributed by atoms with Crippen molar-refractivity contribution in [3.05, 3.63) is 77.1 Å². The van der Waals surface area contributed by atoms with Gasteiger partial charge in [0.15, 0.2) is 0 Å². The minimum Gasteiger partial charge on any atom is -0.507 e. The number of rotatable bonds is 5. The lowest BCUT2D eigenvalue weighted by Crippen LogP contribution is -2.32. The number of carboxylic acids is 1. The van der Waals surface area contributed by atoms with Crippen LogP contribution in [0.25, 0.3) is 5.76 Å². The number of aliphatic hydroxyl groups is 1. The van der Waals surface area contributed by atoms with Gasteiger partial charge in [0.2, 0.25) is 0 Å². The average molecular weight is 369 g/mol. The summed E-state index contributed by atoms with van der Waals surface area (Å²) in [6.45, 7) is -0.287. The Labute approximate surface area is 154 Å². The van der Waals surface area contributed by atoms with Gasteiger partial charge in [0.25, 0.3) is 11.7 Å². The van der Waals surface area contributed by atoms with Crippen LogP contribution in [-0.4, -0.2) is 39.3 Å². The van der Waals surface area contributed by atoms with E-state index in [9.17, 15) is 23.9 Å². The largest absolute Gasteiger partial charge is 0.507 e. The number of carbonyl (C=O) groups excluding carboxylic acids is 2. The molecule has 1 fully saturated rings. The summed E-state index contributed by atoms with van der Waals surface area (Å²) < 4.78 is 14.4. The van der Waals surface area contributed by atoms with Gasteiger partial charge < -0.3 is 15.1 Å². The quantitative estimate of drug-likeness (QED) is 0.480. The highest BCUT2D eigenvalue weighted by Gasteiger charge is 2.46. The molecule has 1 aliphatic heterocycles. The van der Waals surface area contributed by atoms with Crippen LogP contribution in [0, 0.1) is 5.82 Å². The van der Waals surface area contributed by atoms with Crippen molar-refractivity contribution in [2.75, 3.05) is 6.54 Å². The van der Waals surface area contributed by atoms with Crippen molar-refractivity contribution in [3.63, 3.8) is 0 Å². The number of aliphatic carboxylic acids is 1. The van der Waals surface area contributed by atoms with Crippen LogP contribution in [0.1, 0.15) is 23.6 Å². The van der Waals surface area contributed by atoms with Gasteiger partial charge in [0.1, 0.15) is 11.6 Å². The Morgan fingerprint density at radius 1 is 1.00 bits per heavy atom. The number of Topliss-reactive ketones (excluding diaryl/α,β-unsaturated/α-hetero) is 1. The molecule has 3 rings (SSSR count). The summed E-state index contributed by atoms with van der Waals surface area (Å²) in [7, 11) is 0. The first-order valence-corrected chi connectivity index (χ1v) is 8.22. The van der Waals surface area contributed by atoms with Crippen LogP contribution >= 0.6 is 0 Å². The lowest BCUT2D eigenvalue weighted by Gasteiger charge is -2.25. The number of halogens is 1. The van der Waals surface area contributed by atoms with Gasteiger partial charge in [-0.25, -0.2) is 4.39 Å². The standard InChI is InChI=1S/C20H16FNO5/c21-14-9-5-4-8-13(14)17-16(18(25)12-6-2-1-3-7-12)19(26)20(27)22(17)11-10-15(23)24/h1-9,17,25H,10-11H2,(H,23,24)/b18-16-. The minimum absolute atomic E-state index is 0.0135. The molecule has 1 aliphatic rings. The monoisotopic (exact) mass is 369 g/mol. The molecule has 0 aliphatic carbocycles. The third-order valence-electron chi connectivity index (χ3n) is 4.35. The topological polar surface area (TPSA) is 94.9 Å². The van der Waals surface area contributed by atoms with E-state index in [1.54, 1.807) is 30.3 Å². The zero-order valence-corrected chi connectivity index (χ0v) is 14.1. The first kappa shape index (κ1) is 18.3. The fourth-order valence-electron chi connectivity index (χ4n) is 3.10. The number of hydrogen-bond acceptors (Lipinski definition) is 4. The maximum Gasteiger partial charge on any atom is 0.305 e. The van der Waals surface area contributed by atoms with Gasteiger partial charge in [-0.2, -0.15) is 0 Å². The summed E-state index contributed by atoms with van der Waals surface area (Å²) in [5.74, 6) is -4.20. The van der Waals surface area contributed by atoms with Crippen LogP contribution in [0.4, 0.5) is 4.39 Å². The first-order chi connectivity index (χ1) is 12.9. The first-order valence-electron chi connectivity index (χ1n) is 8.22. The smallest absolute Gasteiger partial charge is 0.305 e. The van der Waals surface area contributed by atoms with Crippen LogP contribution in [0.15, 0.2) is 60.2 Å². The lowest BCUT2D eigenvalue weighted by atomic mass is 9.95. The average Bonchev–Trinajstić information content (AvgIpc) is 2.91. The van der Waals surface area contributed by atoms with E-state index in [2.05, 4.69) is 0 Å². The SMILES string of the molecule is O=C(O)CCN1C(=O)C(=O)/C(=C(\O)c2ccccc2)C1c1ccccc1F. The minimum atomic E-state index is -1.20. The van der Waals surface area contributed by atoms with Crippen LogP contribution in [0.5, 0.6) is 0 Å². The van der Waals surface area contributed by atoms with Crippen molar-refractivity contribution in [1.29, 1.82) is 0 Å². The van der Waals surface area contributed by atoms with Crippen LogP contribution < -0.4 is 0 Å². The van der Waals surface area contributed by atoms with Crippen molar-refractivity contribution in [3.8, 4) is 0 Å². The Bertz CT molecular complexity index is 938. The number of amides is 1. The summed E-state index contributed by atoms with van der Waals surface area (Å²) in [6, 6.07) is 12.5. The number of hydrogen-bond donors (Lipinski definition) is 2. The number of carboxylic acid groups (broad SMARTS) is 1. The number of nitrogens with zero attached hydrogens (tertiary/aromatic N) is 1. The Kier molecular flexibility index (Phi) is 5.03. The van der Waals surface area contributed by atoms with E-state index in [0.29, 0.717) is 5.56 Å². The molecule has 1 unspecified atom stereocenters. The molecule has 1 saturated heterocycles. The predicted octanol–water partition coefficient (Wildman–Crippen LogP) is 2.72. The molecule has 6 nitrogen and oxygen atoms in total. The second-order valence-corrected chi connectivity index (χ2v) is 6.02. The highest BCUT2D eigenvalue weighted by atomic mass is 19.1. The van der Waals surface area contributed by atoms with Crippen molar-refractivity contribution < 1.29 is 29.0 Å². The molecule has 0 saturated carbocycles. The van der Waals surface area contributed by atoms with Crippen LogP contribution in [-0.2, 0) is 14.4 Å². The van der Waals surface area contributed by atoms with Gasteiger partial charge in [0, 0.05) is 17.7 Å². The van der Waals surface area contributed by atoms with Crippen molar-refractivity contribution in [1.82, 2.24) is 4.90 Å². The Morgan fingerprint density at radius 3 is 2.26 bits per heavy atom. The Hall–Kier alpha value is -3.48. The second kappa shape index (κ2) is 7.41. The molecule has 1 heterocycles. The van der Waals surface area contributed by atoms with E-state index in [1.807, 2.05) is 0 Å². The summed E-state index contributed by atoms with van der Waals surface area (Å²) >= 11 is 0. The van der Waals surface area contributed by atoms with E-state index in [4.69, 9.17) is 5.11 Å². The fraction of sp³-hybridized carbons (Fsp3) is 0.150. The number of likely N-dealkylation sites (tertiary alicyclic amines) is 1. The highest BCUT2D eigenvalue weighted by molar-refractivity contribution is 6.46. The Balaban J connectivity index is 2.18. The van der Waals surface area contributed by atoms with Gasteiger partial charge >= 0.3 is 5.97 Å². The molecule has 0 bridgehead atoms. The molecule has 1 atom stereocenters. The second-order valence-electron chi connectivity index (χ2n) is 6.02. The maximum atomic E-state index is 14.4. The molecular weight excluding hydrogens is 353 g/mol. The Morgan fingerprint density at radius 2 is 1.63 bits per heavy atom. The maximum absolute atomic E-state index is 14.4. The number of carbonyl (C=O) groups is 3. The van der Waals surface area contributed by atoms with Gasteiger partial charge in [-0.15, -0.1) is 0 Å². The molecule has 138 valence electrons. The molecule has 1 amide bonds. The lowest BCUT2D eigenvalue weighted by molar-refractivity contribution is -0.142. The molecule has 2 N–H and O–H groups in total. The molecule has 7 heteroatoms. The molecule has 2 aromatic rings. The zero-order valence-electron chi connectivity index (χ0n) is 14.1. The van der Waals surface area contributed by atoms with Gasteiger partial charge in [0.05, 0.1) is 18.0 Å². The van der Waals surface area contributed by atoms with Gasteiger partial charge in [-0.3, -0.25) is 14.4 Å². The summed E-state index contributed by atoms with van der Waals surface area (Å²) in [6.07, 6.45) is -0.413. The van der Waals surface area contributed by atoms with Crippen molar-refractivity contribution in [2.45, 2.75) is 12.5 Å². The molecule has 0 radical (unpaired) electrons. The third kappa shape index (κ3) is 3.44. The number of ketones is 1. The van der Waals surface area contributed by atoms with Gasteiger partial charge in [-0.1, -0.05) is 48.5 Å². The van der Waals surface area contributed by atoms with E-state index in [-0.39, 0.29) is 17.7 Å². The summed E-state index contributed by atoms with van der Waals surface area (Å²) in [4.78, 5) is 37.0. The van der Waals surface area contributed by atoms with Crippen molar-refractivity contribution >= 4 is 23.4 Å². The van der Waals surface area contributed by atoms with Crippen LogP contribution in [0.2, 0.25) is 0 Å². The predicted molar refractivity (Wildman–Crippen MR) is 94.1 cm³/mol. The van der Waals surface area contributed by atoms with E-state index < -0.39 is 41.7 Å². The van der Waals surface area contributed by atoms with E-state index in [1.165, 1.54) is 24.3 Å². The third-order valence-corrected chi connectivity index (χ3v) is 4.35. The highest BCUT2D eigenvalue weighted by Crippen LogP contribution is 2.40. The molecule has 2 aromatic carbocycles. The number of benzene rings is 2. The molecule has 0 spiro atoms. The van der Waals surface area contributed by atoms with Crippen molar-refractivity contribution in [2.24, 2.45) is 0 Å². The zero-order chi connectivity index (χ0) is 19.6. The molecule has 27 heavy (non-hydrogen) atoms. The van der Waals surface area contributed by atoms with E-state index in [0.717, 1.165) is 4.90 Å². The number of aliphatic hydroxyl groups excluding tert-OH is 1. The summed E-state index contributed by atoms with van der Waals surface area (Å²) in [5.41, 5.74) is 0.0522. The van der Waals surface area contributed by atoms with Crippen LogP contribution in [0.3, 0.4) is 0 Å². The molecule has 0 aromatic heterocycles.